The number of amides is 1. The molecule has 0 aromatic heterocycles. The molecule has 13 nitrogen and oxygen atoms in total. The molecule has 38 heavy (non-hydrogen) atoms. The smallest absolute Gasteiger partial charge is 0.333 e. The van der Waals surface area contributed by atoms with Crippen molar-refractivity contribution in [3.8, 4) is 0 Å². The summed E-state index contributed by atoms with van der Waals surface area (Å²) >= 11 is 0. The van der Waals surface area contributed by atoms with Crippen LogP contribution in [0.4, 0.5) is 0 Å². The van der Waals surface area contributed by atoms with E-state index >= 15 is 0 Å². The summed E-state index contributed by atoms with van der Waals surface area (Å²) in [5.41, 5.74) is -1.98. The zero-order valence-corrected chi connectivity index (χ0v) is 22.7. The van der Waals surface area contributed by atoms with Crippen molar-refractivity contribution < 1.29 is 44.4 Å². The van der Waals surface area contributed by atoms with E-state index < -0.39 is 61.0 Å². The Labute approximate surface area is 224 Å². The summed E-state index contributed by atoms with van der Waals surface area (Å²) in [6, 6.07) is -0.681. The van der Waals surface area contributed by atoms with Crippen molar-refractivity contribution in [1.82, 2.24) is 20.9 Å². The predicted octanol–water partition coefficient (Wildman–Crippen LogP) is 0.970. The van der Waals surface area contributed by atoms with Crippen LogP contribution < -0.4 is 16.0 Å². The summed E-state index contributed by atoms with van der Waals surface area (Å²) in [6.07, 6.45) is 10.1. The highest BCUT2D eigenvalue weighted by molar-refractivity contribution is 6.06. The predicted molar refractivity (Wildman–Crippen MR) is 140 cm³/mol. The number of rotatable bonds is 25. The summed E-state index contributed by atoms with van der Waals surface area (Å²) < 4.78 is 0. The Morgan fingerprint density at radius 1 is 0.789 bits per heavy atom. The maximum absolute atomic E-state index is 12.7. The van der Waals surface area contributed by atoms with E-state index in [0.717, 1.165) is 30.6 Å². The highest BCUT2D eigenvalue weighted by Crippen LogP contribution is 2.10. The first-order chi connectivity index (χ1) is 17.9. The zero-order chi connectivity index (χ0) is 29.0. The highest BCUT2D eigenvalue weighted by atomic mass is 16.4. The van der Waals surface area contributed by atoms with Crippen molar-refractivity contribution in [3.63, 3.8) is 0 Å². The molecular formula is C25H46N4O9. The molecule has 0 radical (unpaired) electrons. The fraction of sp³-hybridized carbons (Fsp3) is 0.800. The summed E-state index contributed by atoms with van der Waals surface area (Å²) in [5, 5.41) is 44.8. The van der Waals surface area contributed by atoms with Crippen LogP contribution in [0.25, 0.3) is 0 Å². The molecule has 13 heteroatoms. The summed E-state index contributed by atoms with van der Waals surface area (Å²) in [4.78, 5) is 58.9. The van der Waals surface area contributed by atoms with E-state index in [2.05, 4.69) is 22.9 Å². The lowest BCUT2D eigenvalue weighted by Crippen LogP contribution is -2.62. The van der Waals surface area contributed by atoms with Crippen LogP contribution in [0, 0.1) is 0 Å². The average Bonchev–Trinajstić information content (AvgIpc) is 2.83. The molecule has 2 unspecified atom stereocenters. The maximum Gasteiger partial charge on any atom is 0.333 e. The van der Waals surface area contributed by atoms with Gasteiger partial charge in [0.05, 0.1) is 19.6 Å². The zero-order valence-electron chi connectivity index (χ0n) is 22.7. The Morgan fingerprint density at radius 2 is 1.32 bits per heavy atom. The summed E-state index contributed by atoms with van der Waals surface area (Å²) in [5.74, 6) is -5.73. The Kier molecular flexibility index (Phi) is 18.8. The van der Waals surface area contributed by atoms with Crippen molar-refractivity contribution in [2.24, 2.45) is 0 Å². The highest BCUT2D eigenvalue weighted by Gasteiger charge is 2.41. The molecule has 2 atom stereocenters. The molecular weight excluding hydrogens is 500 g/mol. The van der Waals surface area contributed by atoms with Crippen molar-refractivity contribution in [2.75, 3.05) is 39.3 Å². The minimum absolute atomic E-state index is 0.00779. The standard InChI is InChI=1S/C25H46N4O9/c1-3-4-5-6-7-8-9-10-11-13-26-23(36)25(2,24(37)38)28-15-19(27-16-20(30)31)12-14-29(17-21(32)33)18-22(34)35/h19,27-28H,3-18H2,1-2H3,(H,26,36)(H,30,31)(H,32,33)(H,34,35)(H,37,38). The second-order valence-corrected chi connectivity index (χ2v) is 9.65. The van der Waals surface area contributed by atoms with Gasteiger partial charge in [0.1, 0.15) is 0 Å². The Bertz CT molecular complexity index is 734. The van der Waals surface area contributed by atoms with Gasteiger partial charge in [-0.25, -0.2) is 4.79 Å². The van der Waals surface area contributed by atoms with Crippen LogP contribution in [-0.2, 0) is 24.0 Å². The van der Waals surface area contributed by atoms with Crippen LogP contribution in [0.5, 0.6) is 0 Å². The maximum atomic E-state index is 12.7. The number of carboxylic acids is 4. The number of nitrogens with zero attached hydrogens (tertiary/aromatic N) is 1. The molecule has 0 aromatic carbocycles. The van der Waals surface area contributed by atoms with Gasteiger partial charge in [-0.05, 0) is 19.8 Å². The van der Waals surface area contributed by atoms with E-state index in [0.29, 0.717) is 6.54 Å². The van der Waals surface area contributed by atoms with Crippen LogP contribution in [0.3, 0.4) is 0 Å². The normalized spacial score (nSPS) is 13.6. The number of nitrogens with one attached hydrogen (secondary N) is 3. The van der Waals surface area contributed by atoms with Gasteiger partial charge in [0.15, 0.2) is 5.54 Å². The Hall–Kier alpha value is -2.77. The molecule has 0 aliphatic heterocycles. The van der Waals surface area contributed by atoms with Crippen molar-refractivity contribution in [1.29, 1.82) is 0 Å². The number of carbonyl (C=O) groups excluding carboxylic acids is 1. The third-order valence-corrected chi connectivity index (χ3v) is 6.20. The molecule has 0 spiro atoms. The minimum Gasteiger partial charge on any atom is -0.480 e. The minimum atomic E-state index is -1.98. The SMILES string of the molecule is CCCCCCCCCCCNC(=O)C(C)(NCC(CCN(CC(=O)O)CC(=O)O)NCC(=O)O)C(=O)O. The van der Waals surface area contributed by atoms with Crippen LogP contribution >= 0.6 is 0 Å². The molecule has 220 valence electrons. The number of carbonyl (C=O) groups is 5. The topological polar surface area (TPSA) is 206 Å². The van der Waals surface area contributed by atoms with E-state index in [1.165, 1.54) is 39.0 Å². The van der Waals surface area contributed by atoms with Gasteiger partial charge in [-0.2, -0.15) is 0 Å². The van der Waals surface area contributed by atoms with E-state index in [1.54, 1.807) is 0 Å². The van der Waals surface area contributed by atoms with Gasteiger partial charge in [0.25, 0.3) is 5.91 Å². The molecule has 1 amide bonds. The lowest BCUT2D eigenvalue weighted by Gasteiger charge is -2.29. The molecule has 0 aliphatic carbocycles. The van der Waals surface area contributed by atoms with E-state index in [-0.39, 0.29) is 19.5 Å². The Balaban J connectivity index is 4.85. The van der Waals surface area contributed by atoms with Crippen molar-refractivity contribution >= 4 is 29.8 Å². The first-order valence-electron chi connectivity index (χ1n) is 13.3. The van der Waals surface area contributed by atoms with Gasteiger partial charge in [-0.15, -0.1) is 0 Å². The fourth-order valence-corrected chi connectivity index (χ4v) is 3.84. The van der Waals surface area contributed by atoms with Crippen LogP contribution in [0.2, 0.25) is 0 Å². The second kappa shape index (κ2) is 20.2. The van der Waals surface area contributed by atoms with E-state index in [9.17, 15) is 29.1 Å². The molecule has 0 rings (SSSR count). The number of hydrogen-bond acceptors (Lipinski definition) is 8. The largest absolute Gasteiger partial charge is 0.480 e. The summed E-state index contributed by atoms with van der Waals surface area (Å²) in [7, 11) is 0. The van der Waals surface area contributed by atoms with Gasteiger partial charge in [-0.3, -0.25) is 29.4 Å². The van der Waals surface area contributed by atoms with Gasteiger partial charge in [0.2, 0.25) is 0 Å². The monoisotopic (exact) mass is 546 g/mol. The molecule has 0 aliphatic rings. The van der Waals surface area contributed by atoms with Gasteiger partial charge in [0, 0.05) is 25.7 Å². The molecule has 0 saturated carbocycles. The van der Waals surface area contributed by atoms with Gasteiger partial charge < -0.3 is 31.1 Å². The number of carboxylic acid groups (broad SMARTS) is 4. The molecule has 0 fully saturated rings. The third kappa shape index (κ3) is 16.9. The van der Waals surface area contributed by atoms with E-state index in [1.807, 2.05) is 0 Å². The van der Waals surface area contributed by atoms with Gasteiger partial charge in [-0.1, -0.05) is 58.3 Å². The Morgan fingerprint density at radius 3 is 1.79 bits per heavy atom. The van der Waals surface area contributed by atoms with Crippen molar-refractivity contribution in [2.45, 2.75) is 89.6 Å². The quantitative estimate of drug-likeness (QED) is 0.0632. The molecule has 0 bridgehead atoms. The number of unbranched alkanes of at least 4 members (excludes halogenated alkanes) is 8. The summed E-state index contributed by atoms with van der Waals surface area (Å²) in [6.45, 7) is 2.07. The van der Waals surface area contributed by atoms with Crippen LogP contribution in [0.1, 0.15) is 78.1 Å². The average molecular weight is 547 g/mol. The number of hydrogen-bond donors (Lipinski definition) is 7. The first kappa shape index (κ1) is 35.2. The third-order valence-electron chi connectivity index (χ3n) is 6.20. The van der Waals surface area contributed by atoms with Crippen LogP contribution in [-0.4, -0.2) is 106 Å². The number of aliphatic carboxylic acids is 4. The molecule has 0 saturated heterocycles. The fourth-order valence-electron chi connectivity index (χ4n) is 3.84. The van der Waals surface area contributed by atoms with E-state index in [4.69, 9.17) is 15.3 Å². The lowest BCUT2D eigenvalue weighted by molar-refractivity contribution is -0.150. The second-order valence-electron chi connectivity index (χ2n) is 9.65. The van der Waals surface area contributed by atoms with Crippen LogP contribution in [0.15, 0.2) is 0 Å². The lowest BCUT2D eigenvalue weighted by atomic mass is 10.00. The van der Waals surface area contributed by atoms with Crippen molar-refractivity contribution in [3.05, 3.63) is 0 Å². The molecule has 7 N–H and O–H groups in total. The van der Waals surface area contributed by atoms with Gasteiger partial charge >= 0.3 is 23.9 Å². The molecule has 0 heterocycles. The first-order valence-corrected chi connectivity index (χ1v) is 13.3. The molecule has 0 aromatic rings.